The van der Waals surface area contributed by atoms with Gasteiger partial charge in [0.25, 0.3) is 5.56 Å². The summed E-state index contributed by atoms with van der Waals surface area (Å²) >= 11 is 0. The summed E-state index contributed by atoms with van der Waals surface area (Å²) in [5, 5.41) is 77.1. The van der Waals surface area contributed by atoms with Gasteiger partial charge in [-0.1, -0.05) is 39.0 Å². The number of rotatable bonds is 13. The molecule has 3 saturated heterocycles. The van der Waals surface area contributed by atoms with Gasteiger partial charge in [-0.2, -0.15) is 0 Å². The minimum atomic E-state index is -1.85. The molecule has 3 aliphatic heterocycles. The van der Waals surface area contributed by atoms with Crippen molar-refractivity contribution in [2.45, 2.75) is 198 Å². The van der Waals surface area contributed by atoms with Crippen molar-refractivity contribution in [3.63, 3.8) is 0 Å². The van der Waals surface area contributed by atoms with Gasteiger partial charge < -0.3 is 69.3 Å². The lowest BCUT2D eigenvalue weighted by Gasteiger charge is -2.49. The van der Waals surface area contributed by atoms with Crippen LogP contribution in [0.3, 0.4) is 0 Å². The number of H-pyrrole nitrogens is 1. The zero-order valence-corrected chi connectivity index (χ0v) is 43.4. The SMILES string of the molecule is CC[C@H]1OC(=O)[C@H](C)[C@@H](O[C@H]2C[C@@](C)(OC)[C@@H](O)[C@H](C)O2)[C@H](C)[C@@H](O[C@@H]2O[C@H](C)CC(N(C)CC(O)CNc3c(C)[nH]n(-c4ccccc4)c3=O)[C@H]2O)[C@](C)(O)C[C@@H](C)CN(C)[C@H](C)[C@@H](O)[C@]1(C)O. The van der Waals surface area contributed by atoms with Gasteiger partial charge in [0.05, 0.1) is 59.0 Å². The molecule has 0 bridgehead atoms. The van der Waals surface area contributed by atoms with Gasteiger partial charge in [-0.25, -0.2) is 4.68 Å². The number of nitrogens with zero attached hydrogens (tertiary/aromatic N) is 3. The van der Waals surface area contributed by atoms with E-state index in [1.54, 1.807) is 62.4 Å². The molecule has 19 heteroatoms. The maximum Gasteiger partial charge on any atom is 0.311 e. The Balaban J connectivity index is 1.45. The first-order chi connectivity index (χ1) is 32.2. The van der Waals surface area contributed by atoms with E-state index >= 15 is 0 Å². The Hall–Kier alpha value is -3.02. The molecule has 8 N–H and O–H groups in total. The number of aromatic nitrogens is 2. The Morgan fingerprint density at radius 2 is 1.62 bits per heavy atom. The molecule has 2 aromatic rings. The number of likely N-dealkylation sites (N-methyl/N-ethyl adjacent to an activating group) is 2. The van der Waals surface area contributed by atoms with Crippen molar-refractivity contribution in [1.82, 2.24) is 19.6 Å². The summed E-state index contributed by atoms with van der Waals surface area (Å²) in [5.41, 5.74) is -3.28. The molecule has 394 valence electrons. The zero-order chi connectivity index (χ0) is 51.5. The number of nitrogens with one attached hydrogen (secondary N) is 2. The van der Waals surface area contributed by atoms with E-state index in [4.69, 9.17) is 28.4 Å². The van der Waals surface area contributed by atoms with Gasteiger partial charge in [-0.3, -0.25) is 19.6 Å². The fourth-order valence-electron chi connectivity index (χ4n) is 10.9. The first kappa shape index (κ1) is 56.9. The smallest absolute Gasteiger partial charge is 0.311 e. The summed E-state index contributed by atoms with van der Waals surface area (Å²) in [4.78, 5) is 31.5. The minimum Gasteiger partial charge on any atom is -0.459 e. The van der Waals surface area contributed by atoms with E-state index in [0.717, 1.165) is 0 Å². The Bertz CT molecular complexity index is 2000. The number of hydrogen-bond donors (Lipinski definition) is 8. The van der Waals surface area contributed by atoms with Crippen molar-refractivity contribution in [3.8, 4) is 5.69 Å². The molecule has 19 nitrogen and oxygen atoms in total. The second-order valence-corrected chi connectivity index (χ2v) is 21.3. The van der Waals surface area contributed by atoms with Crippen molar-refractivity contribution in [2.24, 2.45) is 17.8 Å². The van der Waals surface area contributed by atoms with Crippen LogP contribution in [0, 0.1) is 24.7 Å². The number of aryl methyl sites for hydroxylation is 1. The van der Waals surface area contributed by atoms with Crippen LogP contribution < -0.4 is 10.9 Å². The van der Waals surface area contributed by atoms with Crippen molar-refractivity contribution in [1.29, 1.82) is 0 Å². The summed E-state index contributed by atoms with van der Waals surface area (Å²) in [7, 11) is 5.09. The predicted molar refractivity (Wildman–Crippen MR) is 259 cm³/mol. The lowest BCUT2D eigenvalue weighted by Crippen LogP contribution is -2.61. The van der Waals surface area contributed by atoms with Crippen LogP contribution in [0.25, 0.3) is 5.69 Å². The van der Waals surface area contributed by atoms with Crippen molar-refractivity contribution in [3.05, 3.63) is 46.4 Å². The van der Waals surface area contributed by atoms with Gasteiger partial charge >= 0.3 is 5.97 Å². The number of para-hydroxylation sites is 1. The van der Waals surface area contributed by atoms with E-state index < -0.39 is 114 Å². The largest absolute Gasteiger partial charge is 0.459 e. The van der Waals surface area contributed by atoms with Crippen LogP contribution in [-0.2, 0) is 33.2 Å². The van der Waals surface area contributed by atoms with Gasteiger partial charge in [-0.15, -0.1) is 0 Å². The van der Waals surface area contributed by atoms with E-state index in [1.165, 1.54) is 18.7 Å². The molecule has 69 heavy (non-hydrogen) atoms. The van der Waals surface area contributed by atoms with Crippen molar-refractivity contribution in [2.75, 3.05) is 46.2 Å². The molecule has 0 amide bonds. The average molecular weight is 980 g/mol. The topological polar surface area (TPSA) is 250 Å². The van der Waals surface area contributed by atoms with Crippen LogP contribution in [0.15, 0.2) is 35.1 Å². The van der Waals surface area contributed by atoms with E-state index in [2.05, 4.69) is 10.4 Å². The molecule has 5 rings (SSSR count). The number of carbonyl (C=O) groups excluding carboxylic acids is 1. The molecule has 4 heterocycles. The number of esters is 1. The summed E-state index contributed by atoms with van der Waals surface area (Å²) in [5.74, 6) is -2.91. The normalized spacial score (nSPS) is 40.7. The molecule has 1 aromatic heterocycles. The van der Waals surface area contributed by atoms with E-state index in [9.17, 15) is 40.2 Å². The first-order valence-corrected chi connectivity index (χ1v) is 24.7. The Morgan fingerprint density at radius 1 is 0.971 bits per heavy atom. The summed E-state index contributed by atoms with van der Waals surface area (Å²) in [6.07, 6.45) is -10.7. The standard InChI is InChI=1S/C50H85N5O14/c1-15-37-50(11,63)42(58)32(7)53(12)25-27(2)22-48(9,62)44(29(4)41(30(5)46(61)67-37)68-38-23-49(10,64-14)43(59)33(8)66-38)69-47-40(57)36(21-28(3)65-47)54(13)26-35(56)24-51-39-31(6)52-55(45(39)60)34-19-17-16-18-20-34/h16-20,27-30,32-33,35-38,40-44,47,51-52,56-59,62-63H,15,21-26H2,1-14H3/t27-,28-,29+,30-,32-,33+,35?,36?,37-,38+,40-,41+,42-,43+,44-,47+,48-,49-,50-/m1/s1. The third-order valence-corrected chi connectivity index (χ3v) is 15.2. The van der Waals surface area contributed by atoms with Crippen LogP contribution >= 0.6 is 0 Å². The molecular formula is C50H85N5O14. The number of methoxy groups -OCH3 is 1. The maximum absolute atomic E-state index is 14.5. The zero-order valence-electron chi connectivity index (χ0n) is 43.4. The molecule has 0 radical (unpaired) electrons. The lowest BCUT2D eigenvalue weighted by molar-refractivity contribution is -0.318. The number of aliphatic hydroxyl groups excluding tert-OH is 4. The van der Waals surface area contributed by atoms with Crippen LogP contribution in [0.1, 0.15) is 101 Å². The molecule has 3 fully saturated rings. The van der Waals surface area contributed by atoms with Crippen molar-refractivity contribution < 1.29 is 63.9 Å². The van der Waals surface area contributed by atoms with Crippen LogP contribution in [0.2, 0.25) is 0 Å². The molecule has 0 saturated carbocycles. The molecule has 19 atom stereocenters. The van der Waals surface area contributed by atoms with Gasteiger partial charge in [0.2, 0.25) is 0 Å². The highest BCUT2D eigenvalue weighted by Crippen LogP contribution is 2.40. The highest BCUT2D eigenvalue weighted by atomic mass is 16.7. The van der Waals surface area contributed by atoms with E-state index in [-0.39, 0.29) is 43.8 Å². The Kier molecular flexibility index (Phi) is 19.2. The molecule has 0 aliphatic carbocycles. The molecule has 1 aromatic carbocycles. The van der Waals surface area contributed by atoms with Crippen LogP contribution in [0.4, 0.5) is 5.69 Å². The van der Waals surface area contributed by atoms with Gasteiger partial charge in [0, 0.05) is 51.2 Å². The first-order valence-electron chi connectivity index (χ1n) is 24.7. The number of aliphatic hydroxyl groups is 6. The van der Waals surface area contributed by atoms with Crippen LogP contribution in [-0.4, -0.2) is 193 Å². The number of benzene rings is 1. The summed E-state index contributed by atoms with van der Waals surface area (Å²) in [6, 6.07) is 7.99. The average Bonchev–Trinajstić information content (AvgIpc) is 3.58. The van der Waals surface area contributed by atoms with Gasteiger partial charge in [0.1, 0.15) is 35.7 Å². The summed E-state index contributed by atoms with van der Waals surface area (Å²) < 4.78 is 39.5. The fraction of sp³-hybridized carbons (Fsp3) is 0.800. The highest BCUT2D eigenvalue weighted by Gasteiger charge is 2.53. The lowest BCUT2D eigenvalue weighted by atomic mass is 9.77. The third kappa shape index (κ3) is 13.0. The molecular weight excluding hydrogens is 895 g/mol. The minimum absolute atomic E-state index is 0.0416. The van der Waals surface area contributed by atoms with Gasteiger partial charge in [-0.05, 0) is 107 Å². The maximum atomic E-state index is 14.5. The summed E-state index contributed by atoms with van der Waals surface area (Å²) in [6.45, 7) is 19.6. The monoisotopic (exact) mass is 980 g/mol. The number of hydrogen-bond acceptors (Lipinski definition) is 17. The van der Waals surface area contributed by atoms with E-state index in [0.29, 0.717) is 30.0 Å². The fourth-order valence-corrected chi connectivity index (χ4v) is 10.9. The molecule has 0 spiro atoms. The third-order valence-electron chi connectivity index (χ3n) is 15.2. The quantitative estimate of drug-likeness (QED) is 0.134. The Labute approximate surface area is 408 Å². The molecule has 3 aliphatic rings. The van der Waals surface area contributed by atoms with Gasteiger partial charge in [0.15, 0.2) is 12.6 Å². The number of aromatic amines is 1. The molecule has 2 unspecified atom stereocenters. The second kappa shape index (κ2) is 23.2. The number of ether oxygens (including phenoxy) is 6. The predicted octanol–water partition coefficient (Wildman–Crippen LogP) is 2.53. The number of cyclic esters (lactones) is 1. The number of carbonyl (C=O) groups is 1. The highest BCUT2D eigenvalue weighted by molar-refractivity contribution is 5.73. The van der Waals surface area contributed by atoms with Crippen molar-refractivity contribution >= 4 is 11.7 Å². The second-order valence-electron chi connectivity index (χ2n) is 21.3. The Morgan fingerprint density at radius 3 is 2.25 bits per heavy atom. The van der Waals surface area contributed by atoms with E-state index in [1.807, 2.05) is 61.0 Å². The van der Waals surface area contributed by atoms with Crippen LogP contribution in [0.5, 0.6) is 0 Å². The number of anilines is 1.